The molecule has 2 atom stereocenters. The highest BCUT2D eigenvalue weighted by Gasteiger charge is 2.15. The van der Waals surface area contributed by atoms with E-state index in [9.17, 15) is 0 Å². The van der Waals surface area contributed by atoms with Gasteiger partial charge in [-0.15, -0.1) is 13.2 Å². The molecule has 0 spiro atoms. The first kappa shape index (κ1) is 9.66. The predicted molar refractivity (Wildman–Crippen MR) is 41.7 cm³/mol. The molecule has 0 unspecified atom stereocenters. The van der Waals surface area contributed by atoms with Gasteiger partial charge in [0.2, 0.25) is 0 Å². The summed E-state index contributed by atoms with van der Waals surface area (Å²) in [6.45, 7) is 7.99. The zero-order valence-electron chi connectivity index (χ0n) is 6.55. The van der Waals surface area contributed by atoms with E-state index in [0.29, 0.717) is 0 Å². The normalized spacial score (nSPS) is 32.2. The van der Waals surface area contributed by atoms with E-state index < -0.39 is 6.29 Å². The van der Waals surface area contributed by atoms with Crippen LogP contribution < -0.4 is 0 Å². The van der Waals surface area contributed by atoms with Crippen LogP contribution in [0.5, 0.6) is 0 Å². The molecule has 60 valence electrons. The van der Waals surface area contributed by atoms with Crippen molar-refractivity contribution in [1.82, 2.24) is 0 Å². The topological polar surface area (TPSA) is 29.5 Å². The second-order valence-electron chi connectivity index (χ2n) is 2.33. The number of aliphatic hydroxyl groups is 1. The van der Waals surface area contributed by atoms with Crippen molar-refractivity contribution in [2.24, 2.45) is 0 Å². The van der Waals surface area contributed by atoms with E-state index in [0.717, 1.165) is 19.3 Å². The zero-order valence-corrected chi connectivity index (χ0v) is 6.55. The van der Waals surface area contributed by atoms with Gasteiger partial charge in [0.1, 0.15) is 0 Å². The lowest BCUT2D eigenvalue weighted by atomic mass is 10.1. The lowest BCUT2D eigenvalue weighted by molar-refractivity contribution is -0.156. The molecule has 0 aliphatic carbocycles. The fraction of sp³-hybridized carbons (Fsp3) is 0.750. The minimum Gasteiger partial charge on any atom is -0.368 e. The number of hydrogen-bond donors (Lipinski definition) is 1. The summed E-state index contributed by atoms with van der Waals surface area (Å²) in [5.74, 6) is 0. The van der Waals surface area contributed by atoms with E-state index >= 15 is 0 Å². The van der Waals surface area contributed by atoms with Gasteiger partial charge in [0.05, 0.1) is 6.10 Å². The Hall–Kier alpha value is -0.340. The highest BCUT2D eigenvalue weighted by Crippen LogP contribution is 2.15. The number of rotatable bonds is 0. The molecule has 0 amide bonds. The van der Waals surface area contributed by atoms with Gasteiger partial charge in [-0.05, 0) is 26.2 Å². The Morgan fingerprint density at radius 3 is 2.30 bits per heavy atom. The Kier molecular flexibility index (Phi) is 5.26. The first-order valence-corrected chi connectivity index (χ1v) is 3.62. The molecule has 2 heteroatoms. The molecular weight excluding hydrogens is 128 g/mol. The molecule has 1 saturated heterocycles. The van der Waals surface area contributed by atoms with Crippen LogP contribution in [0.2, 0.25) is 0 Å². The van der Waals surface area contributed by atoms with Crippen molar-refractivity contribution in [1.29, 1.82) is 0 Å². The molecule has 0 bridgehead atoms. The quantitative estimate of drug-likeness (QED) is 0.524. The molecule has 0 aromatic rings. The maximum Gasteiger partial charge on any atom is 0.154 e. The first-order chi connectivity index (χ1) is 4.79. The Bertz CT molecular complexity index is 75.3. The lowest BCUT2D eigenvalue weighted by Gasteiger charge is -2.23. The van der Waals surface area contributed by atoms with Crippen molar-refractivity contribution in [2.75, 3.05) is 0 Å². The highest BCUT2D eigenvalue weighted by atomic mass is 16.6. The summed E-state index contributed by atoms with van der Waals surface area (Å²) in [7, 11) is 0. The fourth-order valence-electron chi connectivity index (χ4n) is 0.984. The summed E-state index contributed by atoms with van der Waals surface area (Å²) in [6.07, 6.45) is 2.78. The molecule has 1 heterocycles. The van der Waals surface area contributed by atoms with Gasteiger partial charge in [-0.1, -0.05) is 0 Å². The SMILES string of the molecule is C=C.C[C@@H]1CCC[C@H](O)O1. The van der Waals surface area contributed by atoms with Gasteiger partial charge < -0.3 is 9.84 Å². The van der Waals surface area contributed by atoms with Gasteiger partial charge in [0.15, 0.2) is 6.29 Å². The van der Waals surface area contributed by atoms with E-state index in [1.807, 2.05) is 6.92 Å². The summed E-state index contributed by atoms with van der Waals surface area (Å²) in [6, 6.07) is 0. The molecule has 1 aliphatic rings. The van der Waals surface area contributed by atoms with Crippen LogP contribution in [0.1, 0.15) is 26.2 Å². The van der Waals surface area contributed by atoms with Crippen LogP contribution in [0.15, 0.2) is 13.2 Å². The van der Waals surface area contributed by atoms with Gasteiger partial charge in [0, 0.05) is 0 Å². The van der Waals surface area contributed by atoms with E-state index in [4.69, 9.17) is 9.84 Å². The maximum atomic E-state index is 8.86. The minimum atomic E-state index is -0.487. The minimum absolute atomic E-state index is 0.263. The average molecular weight is 144 g/mol. The van der Waals surface area contributed by atoms with Crippen molar-refractivity contribution in [3.8, 4) is 0 Å². The Morgan fingerprint density at radius 1 is 1.40 bits per heavy atom. The molecule has 1 rings (SSSR count). The third kappa shape index (κ3) is 3.64. The molecule has 0 aromatic carbocycles. The molecule has 0 saturated carbocycles. The second kappa shape index (κ2) is 5.45. The van der Waals surface area contributed by atoms with Gasteiger partial charge in [-0.25, -0.2) is 0 Å². The van der Waals surface area contributed by atoms with Crippen LogP contribution in [-0.4, -0.2) is 17.5 Å². The molecule has 0 radical (unpaired) electrons. The van der Waals surface area contributed by atoms with Gasteiger partial charge in [-0.3, -0.25) is 0 Å². The number of hydrogen-bond acceptors (Lipinski definition) is 2. The van der Waals surface area contributed by atoms with E-state index in [2.05, 4.69) is 13.2 Å². The van der Waals surface area contributed by atoms with E-state index in [1.54, 1.807) is 0 Å². The number of ether oxygens (including phenoxy) is 1. The molecule has 2 nitrogen and oxygen atoms in total. The average Bonchev–Trinajstić information content (AvgIpc) is 1.91. The van der Waals surface area contributed by atoms with Crippen molar-refractivity contribution in [3.63, 3.8) is 0 Å². The lowest BCUT2D eigenvalue weighted by Crippen LogP contribution is -2.24. The monoisotopic (exact) mass is 144 g/mol. The third-order valence-corrected chi connectivity index (χ3v) is 1.45. The second-order valence-corrected chi connectivity index (χ2v) is 2.33. The van der Waals surface area contributed by atoms with Crippen LogP contribution in [0.25, 0.3) is 0 Å². The van der Waals surface area contributed by atoms with E-state index in [-0.39, 0.29) is 6.10 Å². The predicted octanol–water partition coefficient (Wildman–Crippen LogP) is 1.70. The fourth-order valence-corrected chi connectivity index (χ4v) is 0.984. The molecule has 10 heavy (non-hydrogen) atoms. The zero-order chi connectivity index (χ0) is 7.98. The highest BCUT2D eigenvalue weighted by molar-refractivity contribution is 4.59. The Morgan fingerprint density at radius 2 is 2.00 bits per heavy atom. The molecule has 1 N–H and O–H groups in total. The van der Waals surface area contributed by atoms with Crippen molar-refractivity contribution in [3.05, 3.63) is 13.2 Å². The summed E-state index contributed by atoms with van der Waals surface area (Å²) < 4.78 is 5.04. The summed E-state index contributed by atoms with van der Waals surface area (Å²) in [4.78, 5) is 0. The number of aliphatic hydroxyl groups excluding tert-OH is 1. The van der Waals surface area contributed by atoms with Gasteiger partial charge in [-0.2, -0.15) is 0 Å². The van der Waals surface area contributed by atoms with Gasteiger partial charge in [0.25, 0.3) is 0 Å². The Labute approximate surface area is 62.5 Å². The van der Waals surface area contributed by atoms with Crippen LogP contribution in [0, 0.1) is 0 Å². The van der Waals surface area contributed by atoms with Crippen LogP contribution in [0.3, 0.4) is 0 Å². The molecule has 0 aromatic heterocycles. The third-order valence-electron chi connectivity index (χ3n) is 1.45. The largest absolute Gasteiger partial charge is 0.368 e. The standard InChI is InChI=1S/C6H12O2.C2H4/c1-5-3-2-4-6(7)8-5;1-2/h5-7H,2-4H2,1H3;1-2H2/t5-,6-;/m1./s1. The van der Waals surface area contributed by atoms with Crippen LogP contribution in [-0.2, 0) is 4.74 Å². The summed E-state index contributed by atoms with van der Waals surface area (Å²) in [5, 5.41) is 8.86. The van der Waals surface area contributed by atoms with Crippen LogP contribution in [0.4, 0.5) is 0 Å². The van der Waals surface area contributed by atoms with Crippen molar-refractivity contribution < 1.29 is 9.84 Å². The maximum absolute atomic E-state index is 8.86. The first-order valence-electron chi connectivity index (χ1n) is 3.62. The van der Waals surface area contributed by atoms with Crippen LogP contribution >= 0.6 is 0 Å². The summed E-state index contributed by atoms with van der Waals surface area (Å²) >= 11 is 0. The summed E-state index contributed by atoms with van der Waals surface area (Å²) in [5.41, 5.74) is 0. The van der Waals surface area contributed by atoms with E-state index in [1.165, 1.54) is 0 Å². The molecular formula is C8H16O2. The van der Waals surface area contributed by atoms with Crippen molar-refractivity contribution >= 4 is 0 Å². The van der Waals surface area contributed by atoms with Crippen molar-refractivity contribution in [2.45, 2.75) is 38.6 Å². The van der Waals surface area contributed by atoms with Gasteiger partial charge >= 0.3 is 0 Å². The molecule has 1 fully saturated rings. The Balaban J connectivity index is 0.000000371. The molecule has 1 aliphatic heterocycles. The smallest absolute Gasteiger partial charge is 0.154 e.